The highest BCUT2D eigenvalue weighted by atomic mass is 16.5. The molecule has 1 aromatic rings. The Bertz CT molecular complexity index is 827. The Hall–Kier alpha value is -2.32. The monoisotopic (exact) mass is 460 g/mol. The minimum atomic E-state index is -0.288. The van der Waals surface area contributed by atoms with Crippen molar-refractivity contribution in [1.82, 2.24) is 15.1 Å². The topological polar surface area (TPSA) is 94.1 Å². The summed E-state index contributed by atoms with van der Waals surface area (Å²) >= 11 is 0. The number of nitrogens with one attached hydrogen (secondary N) is 2. The van der Waals surface area contributed by atoms with E-state index < -0.39 is 0 Å². The van der Waals surface area contributed by atoms with Crippen LogP contribution >= 0.6 is 0 Å². The molecule has 1 aliphatic heterocycles. The lowest BCUT2D eigenvalue weighted by atomic mass is 10.0. The average molecular weight is 461 g/mol. The molecule has 0 unspecified atom stereocenters. The van der Waals surface area contributed by atoms with Gasteiger partial charge < -0.3 is 30.3 Å². The molecule has 0 bridgehead atoms. The van der Waals surface area contributed by atoms with Crippen molar-refractivity contribution >= 4 is 17.6 Å². The number of ether oxygens (including phenoxy) is 1. The molecule has 0 spiro atoms. The van der Waals surface area contributed by atoms with Gasteiger partial charge in [-0.3, -0.25) is 4.79 Å². The van der Waals surface area contributed by atoms with E-state index in [4.69, 9.17) is 4.74 Å². The molecule has 184 valence electrons. The van der Waals surface area contributed by atoms with E-state index in [2.05, 4.69) is 29.5 Å². The average Bonchev–Trinajstić information content (AvgIpc) is 3.54. The van der Waals surface area contributed by atoms with E-state index in [9.17, 15) is 14.7 Å². The van der Waals surface area contributed by atoms with E-state index in [-0.39, 0.29) is 49.1 Å². The highest BCUT2D eigenvalue weighted by molar-refractivity contribution is 5.90. The van der Waals surface area contributed by atoms with E-state index in [1.165, 1.54) is 12.8 Å². The fraction of sp³-hybridized carbons (Fsp3) is 0.680. The van der Waals surface area contributed by atoms with Gasteiger partial charge in [0.1, 0.15) is 11.9 Å². The number of urea groups is 1. The maximum absolute atomic E-state index is 13.2. The number of carbonyl (C=O) groups excluding carboxylic acids is 2. The van der Waals surface area contributed by atoms with E-state index in [1.807, 2.05) is 39.0 Å². The van der Waals surface area contributed by atoms with Crippen molar-refractivity contribution in [1.29, 1.82) is 0 Å². The molecular formula is C25H40N4O4. The van der Waals surface area contributed by atoms with Gasteiger partial charge in [0, 0.05) is 42.8 Å². The predicted molar refractivity (Wildman–Crippen MR) is 129 cm³/mol. The smallest absolute Gasteiger partial charge is 0.319 e. The third-order valence-corrected chi connectivity index (χ3v) is 6.35. The van der Waals surface area contributed by atoms with Gasteiger partial charge in [0.2, 0.25) is 5.91 Å². The van der Waals surface area contributed by atoms with Crippen molar-refractivity contribution in [2.75, 3.05) is 38.6 Å². The van der Waals surface area contributed by atoms with Crippen molar-refractivity contribution in [3.05, 3.63) is 23.8 Å². The van der Waals surface area contributed by atoms with Crippen molar-refractivity contribution in [2.45, 2.75) is 65.1 Å². The molecule has 8 nitrogen and oxygen atoms in total. The maximum Gasteiger partial charge on any atom is 0.319 e. The zero-order chi connectivity index (χ0) is 24.1. The lowest BCUT2D eigenvalue weighted by Gasteiger charge is -2.34. The Balaban J connectivity index is 1.86. The minimum absolute atomic E-state index is 0.0196. The summed E-state index contributed by atoms with van der Waals surface area (Å²) in [4.78, 5) is 29.5. The number of aliphatic hydroxyl groups excluding tert-OH is 1. The standard InChI is InChI=1S/C25H40N4O4/c1-16(2)26-25(32)27-21-8-9-22-20(10-21)11-24(31)29(18(4)15-30)12-17(3)23(33-22)14-28(5)13-19-6-7-19/h8-10,16-19,23,30H,6-7,11-15H2,1-5H3,(H2,26,27,32)/t17-,18+,23-/m0/s1. The maximum atomic E-state index is 13.2. The molecule has 3 amide bonds. The van der Waals surface area contributed by atoms with Gasteiger partial charge in [0.05, 0.1) is 19.1 Å². The molecule has 0 aromatic heterocycles. The first-order chi connectivity index (χ1) is 15.7. The molecule has 1 heterocycles. The molecule has 0 radical (unpaired) electrons. The number of amides is 3. The fourth-order valence-electron chi connectivity index (χ4n) is 4.28. The Morgan fingerprint density at radius 1 is 1.27 bits per heavy atom. The number of benzene rings is 1. The summed E-state index contributed by atoms with van der Waals surface area (Å²) in [6.45, 7) is 10.0. The van der Waals surface area contributed by atoms with Crippen molar-refractivity contribution in [2.24, 2.45) is 11.8 Å². The number of nitrogens with zero attached hydrogens (tertiary/aromatic N) is 2. The summed E-state index contributed by atoms with van der Waals surface area (Å²) in [5, 5.41) is 15.4. The molecule has 0 saturated heterocycles. The van der Waals surface area contributed by atoms with Gasteiger partial charge in [-0.1, -0.05) is 6.92 Å². The fourth-order valence-corrected chi connectivity index (χ4v) is 4.28. The Labute approximate surface area is 197 Å². The van der Waals surface area contributed by atoms with Gasteiger partial charge >= 0.3 is 6.03 Å². The minimum Gasteiger partial charge on any atom is -0.488 e. The lowest BCUT2D eigenvalue weighted by Crippen LogP contribution is -2.47. The van der Waals surface area contributed by atoms with Crippen LogP contribution in [0.2, 0.25) is 0 Å². The highest BCUT2D eigenvalue weighted by Gasteiger charge is 2.32. The summed E-state index contributed by atoms with van der Waals surface area (Å²) in [5.41, 5.74) is 1.35. The summed E-state index contributed by atoms with van der Waals surface area (Å²) in [5.74, 6) is 1.49. The van der Waals surface area contributed by atoms with Crippen LogP contribution < -0.4 is 15.4 Å². The van der Waals surface area contributed by atoms with Gasteiger partial charge in [-0.05, 0) is 64.8 Å². The molecule has 3 rings (SSSR count). The second-order valence-electron chi connectivity index (χ2n) is 10.1. The first-order valence-electron chi connectivity index (χ1n) is 12.1. The molecule has 33 heavy (non-hydrogen) atoms. The van der Waals surface area contributed by atoms with E-state index in [1.54, 1.807) is 4.90 Å². The number of rotatable bonds is 8. The molecule has 1 saturated carbocycles. The summed E-state index contributed by atoms with van der Waals surface area (Å²) in [6.07, 6.45) is 2.64. The van der Waals surface area contributed by atoms with Crippen LogP contribution in [0.5, 0.6) is 5.75 Å². The summed E-state index contributed by atoms with van der Waals surface area (Å²) in [7, 11) is 2.13. The molecule has 1 fully saturated rings. The second-order valence-corrected chi connectivity index (χ2v) is 10.1. The largest absolute Gasteiger partial charge is 0.488 e. The number of likely N-dealkylation sites (N-methyl/N-ethyl adjacent to an activating group) is 1. The Morgan fingerprint density at radius 2 is 2.00 bits per heavy atom. The zero-order valence-corrected chi connectivity index (χ0v) is 20.6. The van der Waals surface area contributed by atoms with Crippen molar-refractivity contribution in [3.8, 4) is 5.75 Å². The summed E-state index contributed by atoms with van der Waals surface area (Å²) in [6, 6.07) is 4.93. The quantitative estimate of drug-likeness (QED) is 0.555. The summed E-state index contributed by atoms with van der Waals surface area (Å²) < 4.78 is 6.53. The number of hydrogen-bond acceptors (Lipinski definition) is 5. The SMILES string of the molecule is CC(C)NC(=O)Nc1ccc2c(c1)CC(=O)N([C@H](C)CO)C[C@H](C)[C@H](CN(C)CC1CC1)O2. The van der Waals surface area contributed by atoms with Crippen molar-refractivity contribution in [3.63, 3.8) is 0 Å². The van der Waals surface area contributed by atoms with Crippen LogP contribution in [0.25, 0.3) is 0 Å². The third kappa shape index (κ3) is 7.33. The van der Waals surface area contributed by atoms with Crippen LogP contribution in [0, 0.1) is 11.8 Å². The number of carbonyl (C=O) groups is 2. The Kier molecular flexibility index (Phi) is 8.59. The van der Waals surface area contributed by atoms with E-state index in [0.29, 0.717) is 18.0 Å². The molecule has 8 heteroatoms. The lowest BCUT2D eigenvalue weighted by molar-refractivity contribution is -0.134. The normalized spacial score (nSPS) is 22.2. The van der Waals surface area contributed by atoms with Crippen LogP contribution in [0.4, 0.5) is 10.5 Å². The molecule has 3 atom stereocenters. The molecule has 1 aliphatic carbocycles. The number of aliphatic hydroxyl groups is 1. The van der Waals surface area contributed by atoms with Crippen LogP contribution in [0.15, 0.2) is 18.2 Å². The van der Waals surface area contributed by atoms with Gasteiger partial charge in [-0.15, -0.1) is 0 Å². The predicted octanol–water partition coefficient (Wildman–Crippen LogP) is 2.71. The molecule has 2 aliphatic rings. The number of hydrogen-bond donors (Lipinski definition) is 3. The Morgan fingerprint density at radius 3 is 2.64 bits per heavy atom. The highest BCUT2D eigenvalue weighted by Crippen LogP contribution is 2.31. The van der Waals surface area contributed by atoms with E-state index in [0.717, 1.165) is 24.6 Å². The van der Waals surface area contributed by atoms with Gasteiger partial charge in [-0.2, -0.15) is 0 Å². The van der Waals surface area contributed by atoms with Crippen LogP contribution in [0.3, 0.4) is 0 Å². The van der Waals surface area contributed by atoms with Gasteiger partial charge in [0.25, 0.3) is 0 Å². The van der Waals surface area contributed by atoms with Crippen LogP contribution in [0.1, 0.15) is 46.1 Å². The van der Waals surface area contributed by atoms with Crippen molar-refractivity contribution < 1.29 is 19.4 Å². The van der Waals surface area contributed by atoms with Gasteiger partial charge in [0.15, 0.2) is 0 Å². The number of anilines is 1. The zero-order valence-electron chi connectivity index (χ0n) is 20.6. The number of fused-ring (bicyclic) bond motifs is 1. The first kappa shape index (κ1) is 25.3. The molecule has 3 N–H and O–H groups in total. The first-order valence-corrected chi connectivity index (χ1v) is 12.1. The van der Waals surface area contributed by atoms with Crippen LogP contribution in [-0.2, 0) is 11.2 Å². The third-order valence-electron chi connectivity index (χ3n) is 6.35. The molecular weight excluding hydrogens is 420 g/mol. The van der Waals surface area contributed by atoms with E-state index >= 15 is 0 Å². The second kappa shape index (κ2) is 11.2. The van der Waals surface area contributed by atoms with Crippen LogP contribution in [-0.4, -0.2) is 78.3 Å². The molecule has 1 aromatic carbocycles. The van der Waals surface area contributed by atoms with Gasteiger partial charge in [-0.25, -0.2) is 4.79 Å².